The van der Waals surface area contributed by atoms with Crippen LogP contribution in [0.25, 0.3) is 0 Å². The van der Waals surface area contributed by atoms with E-state index in [2.05, 4.69) is 109 Å². The molecule has 4 unspecified atom stereocenters. The second-order valence-electron chi connectivity index (χ2n) is 16.4. The molecule has 4 heteroatoms. The molecule has 0 radical (unpaired) electrons. The van der Waals surface area contributed by atoms with Gasteiger partial charge >= 0.3 is 0 Å². The summed E-state index contributed by atoms with van der Waals surface area (Å²) in [5, 5.41) is 8.81. The summed E-state index contributed by atoms with van der Waals surface area (Å²) in [5.41, 5.74) is 5.37. The lowest BCUT2D eigenvalue weighted by Crippen LogP contribution is -2.62. The maximum atomic E-state index is 4.06. The topological polar surface area (TPSA) is 24.1 Å². The van der Waals surface area contributed by atoms with Crippen molar-refractivity contribution in [2.24, 2.45) is 16.7 Å². The molecule has 2 heterocycles. The van der Waals surface area contributed by atoms with E-state index < -0.39 is 0 Å². The zero-order valence-electron chi connectivity index (χ0n) is 26.7. The van der Waals surface area contributed by atoms with E-state index in [4.69, 9.17) is 0 Å². The number of hydrogen-bond donors (Lipinski definition) is 2. The van der Waals surface area contributed by atoms with Crippen molar-refractivity contribution >= 4 is 17.2 Å². The second kappa shape index (κ2) is 11.3. The van der Waals surface area contributed by atoms with Gasteiger partial charge in [0.15, 0.2) is 0 Å². The van der Waals surface area contributed by atoms with Crippen LogP contribution in [-0.2, 0) is 0 Å². The molecule has 2 N–H and O–H groups in total. The molecular formula is C33H62N2P2. The van der Waals surface area contributed by atoms with Gasteiger partial charge in [-0.2, -0.15) is 0 Å². The molecule has 0 spiro atoms. The highest BCUT2D eigenvalue weighted by Gasteiger charge is 2.52. The van der Waals surface area contributed by atoms with Crippen LogP contribution in [0.3, 0.4) is 0 Å². The standard InChI is InChI=1S/C33H62N2P2/c1-29(2,3)25-21-24(33(36,26-17-13-15-19-34-26)27-18-14-16-20-35-27)23(28(25)30(4,5)6)22-37(31(7,8)9)32(10,11)12/h21,23,26-27,34-35H,13-20,22,36H2,1-12H3. The van der Waals surface area contributed by atoms with Gasteiger partial charge in [0, 0.05) is 23.2 Å². The van der Waals surface area contributed by atoms with Crippen LogP contribution in [0.15, 0.2) is 22.8 Å². The van der Waals surface area contributed by atoms with Crippen molar-refractivity contribution in [1.82, 2.24) is 10.6 Å². The first-order valence-corrected chi connectivity index (χ1v) is 17.4. The highest BCUT2D eigenvalue weighted by molar-refractivity contribution is 7.60. The molecule has 0 saturated carbocycles. The van der Waals surface area contributed by atoms with Crippen molar-refractivity contribution in [3.63, 3.8) is 0 Å². The molecule has 0 aromatic heterocycles. The van der Waals surface area contributed by atoms with E-state index in [1.807, 2.05) is 0 Å². The van der Waals surface area contributed by atoms with Crippen LogP contribution in [0.5, 0.6) is 0 Å². The van der Waals surface area contributed by atoms with Crippen molar-refractivity contribution in [2.45, 2.75) is 149 Å². The molecule has 1 aliphatic carbocycles. The number of hydrogen-bond acceptors (Lipinski definition) is 2. The maximum absolute atomic E-state index is 4.06. The van der Waals surface area contributed by atoms with Crippen LogP contribution in [0.4, 0.5) is 0 Å². The summed E-state index contributed by atoms with van der Waals surface area (Å²) in [6, 6.07) is 1.04. The van der Waals surface area contributed by atoms with Gasteiger partial charge in [0.05, 0.1) is 0 Å². The Morgan fingerprint density at radius 2 is 1.19 bits per heavy atom. The Labute approximate surface area is 235 Å². The third-order valence-electron chi connectivity index (χ3n) is 9.19. The predicted octanol–water partition coefficient (Wildman–Crippen LogP) is 8.91. The van der Waals surface area contributed by atoms with Gasteiger partial charge < -0.3 is 10.6 Å². The molecular weight excluding hydrogens is 486 g/mol. The lowest BCUT2D eigenvalue weighted by molar-refractivity contribution is 0.253. The summed E-state index contributed by atoms with van der Waals surface area (Å²) in [5.74, 6) is 0.517. The van der Waals surface area contributed by atoms with E-state index in [0.29, 0.717) is 28.3 Å². The van der Waals surface area contributed by atoms with Gasteiger partial charge in [0.25, 0.3) is 0 Å². The number of piperidine rings is 2. The van der Waals surface area contributed by atoms with Gasteiger partial charge in [-0.1, -0.05) is 115 Å². The van der Waals surface area contributed by atoms with E-state index in [-0.39, 0.29) is 23.9 Å². The van der Waals surface area contributed by atoms with Crippen LogP contribution in [0, 0.1) is 16.7 Å². The van der Waals surface area contributed by atoms with Crippen LogP contribution in [-0.4, -0.2) is 46.8 Å². The van der Waals surface area contributed by atoms with E-state index in [1.165, 1.54) is 44.7 Å². The summed E-state index contributed by atoms with van der Waals surface area (Å²) in [6.07, 6.45) is 11.9. The summed E-state index contributed by atoms with van der Waals surface area (Å²) in [7, 11) is 3.33. The molecule has 0 amide bonds. The van der Waals surface area contributed by atoms with Crippen LogP contribution in [0.1, 0.15) is 122 Å². The number of allylic oxidation sites excluding steroid dienone is 3. The largest absolute Gasteiger partial charge is 0.313 e. The summed E-state index contributed by atoms with van der Waals surface area (Å²) in [6.45, 7) is 32.2. The van der Waals surface area contributed by atoms with Gasteiger partial charge in [-0.05, 0) is 77.2 Å². The first-order chi connectivity index (χ1) is 16.8. The van der Waals surface area contributed by atoms with E-state index in [9.17, 15) is 0 Å². The molecule has 214 valence electrons. The highest BCUT2D eigenvalue weighted by Crippen LogP contribution is 2.65. The molecule has 0 aromatic rings. The fraction of sp³-hybridized carbons (Fsp3) is 0.879. The maximum Gasteiger partial charge on any atom is 0.0370 e. The third-order valence-corrected chi connectivity index (χ3v) is 14.3. The third kappa shape index (κ3) is 6.95. The van der Waals surface area contributed by atoms with Crippen molar-refractivity contribution in [1.29, 1.82) is 0 Å². The Morgan fingerprint density at radius 1 is 0.730 bits per heavy atom. The minimum atomic E-state index is -0.216. The van der Waals surface area contributed by atoms with Crippen LogP contribution >= 0.6 is 17.2 Å². The molecule has 0 aromatic carbocycles. The van der Waals surface area contributed by atoms with Gasteiger partial charge in [-0.25, -0.2) is 0 Å². The molecule has 2 fully saturated rings. The number of rotatable bonds is 5. The quantitative estimate of drug-likeness (QED) is 0.335. The smallest absolute Gasteiger partial charge is 0.0370 e. The van der Waals surface area contributed by atoms with Crippen molar-refractivity contribution in [2.75, 3.05) is 19.3 Å². The Balaban J connectivity index is 2.25. The predicted molar refractivity (Wildman–Crippen MR) is 173 cm³/mol. The molecule has 0 bridgehead atoms. The van der Waals surface area contributed by atoms with Gasteiger partial charge in [-0.3, -0.25) is 0 Å². The minimum absolute atomic E-state index is 0.0474. The van der Waals surface area contributed by atoms with Gasteiger partial charge in [-0.15, -0.1) is 9.24 Å². The zero-order valence-corrected chi connectivity index (χ0v) is 28.7. The average molecular weight is 549 g/mol. The van der Waals surface area contributed by atoms with Crippen molar-refractivity contribution < 1.29 is 0 Å². The Morgan fingerprint density at radius 3 is 1.51 bits per heavy atom. The van der Waals surface area contributed by atoms with E-state index in [0.717, 1.165) is 13.1 Å². The first kappa shape index (κ1) is 31.8. The fourth-order valence-electron chi connectivity index (χ4n) is 7.74. The van der Waals surface area contributed by atoms with Crippen LogP contribution < -0.4 is 10.6 Å². The summed E-state index contributed by atoms with van der Waals surface area (Å²) >= 11 is 0. The molecule has 2 nitrogen and oxygen atoms in total. The molecule has 4 atom stereocenters. The fourth-order valence-corrected chi connectivity index (χ4v) is 12.4. The monoisotopic (exact) mass is 548 g/mol. The van der Waals surface area contributed by atoms with Crippen molar-refractivity contribution in [3.8, 4) is 0 Å². The summed E-state index contributed by atoms with van der Waals surface area (Å²) < 4.78 is 0. The molecule has 2 aliphatic heterocycles. The molecule has 3 aliphatic rings. The van der Waals surface area contributed by atoms with Crippen molar-refractivity contribution in [3.05, 3.63) is 22.8 Å². The summed E-state index contributed by atoms with van der Waals surface area (Å²) in [4.78, 5) is 0. The normalized spacial score (nSPS) is 28.5. The van der Waals surface area contributed by atoms with Gasteiger partial charge in [0.1, 0.15) is 0 Å². The van der Waals surface area contributed by atoms with Crippen LogP contribution in [0.2, 0.25) is 0 Å². The highest BCUT2D eigenvalue weighted by atomic mass is 31.1. The van der Waals surface area contributed by atoms with E-state index in [1.54, 1.807) is 16.7 Å². The first-order valence-electron chi connectivity index (χ1n) is 15.3. The van der Waals surface area contributed by atoms with Gasteiger partial charge in [0.2, 0.25) is 0 Å². The molecule has 2 saturated heterocycles. The molecule has 37 heavy (non-hydrogen) atoms. The second-order valence-corrected chi connectivity index (χ2v) is 21.2. The SMILES string of the molecule is CC(C)(C)C1=C(C(C)(C)C)C(CP(C(C)(C)C)C(C)(C)C)C(C(P)(C2CCCCN2)C2CCCCN2)=C1. The average Bonchev–Trinajstić information content (AvgIpc) is 3.17. The molecule has 3 rings (SSSR count). The Kier molecular flexibility index (Phi) is 9.68. The minimum Gasteiger partial charge on any atom is -0.313 e. The number of nitrogens with one attached hydrogen (secondary N) is 2. The van der Waals surface area contributed by atoms with E-state index >= 15 is 0 Å². The lowest BCUT2D eigenvalue weighted by Gasteiger charge is -2.52. The Hall–Kier alpha value is 0.260. The zero-order chi connectivity index (χ0) is 28.0. The Bertz CT molecular complexity index is 813. The lowest BCUT2D eigenvalue weighted by atomic mass is 9.69.